The van der Waals surface area contributed by atoms with Crippen LogP contribution < -0.4 is 16.4 Å². The average molecular weight is 405 g/mol. The van der Waals surface area contributed by atoms with E-state index in [2.05, 4.69) is 21.1 Å². The number of aryl methyl sites for hydroxylation is 1. The molecule has 0 aliphatic rings. The SMILES string of the molecule is CCCn1nc(C(=O)NNC(=O)Cc2noc3ccccc23)c2ccccc2c1=O. The summed E-state index contributed by atoms with van der Waals surface area (Å²) in [5.74, 6) is -1.08. The zero-order chi connectivity index (χ0) is 21.1. The second-order valence-electron chi connectivity index (χ2n) is 6.73. The van der Waals surface area contributed by atoms with Crippen LogP contribution in [0.25, 0.3) is 21.7 Å². The Bertz CT molecular complexity index is 1310. The normalized spacial score (nSPS) is 11.0. The first-order valence-electron chi connectivity index (χ1n) is 9.51. The highest BCUT2D eigenvalue weighted by Crippen LogP contribution is 2.18. The van der Waals surface area contributed by atoms with Crippen LogP contribution in [0.2, 0.25) is 0 Å². The molecule has 152 valence electrons. The summed E-state index contributed by atoms with van der Waals surface area (Å²) in [6.07, 6.45) is 0.621. The van der Waals surface area contributed by atoms with Gasteiger partial charge in [0.2, 0.25) is 5.91 Å². The molecule has 0 spiro atoms. The van der Waals surface area contributed by atoms with Crippen LogP contribution in [0.1, 0.15) is 29.5 Å². The van der Waals surface area contributed by atoms with E-state index in [1.54, 1.807) is 36.4 Å². The van der Waals surface area contributed by atoms with E-state index in [0.717, 1.165) is 5.39 Å². The summed E-state index contributed by atoms with van der Waals surface area (Å²) in [7, 11) is 0. The van der Waals surface area contributed by atoms with Crippen molar-refractivity contribution in [3.05, 3.63) is 70.3 Å². The number of para-hydroxylation sites is 1. The summed E-state index contributed by atoms with van der Waals surface area (Å²) in [6, 6.07) is 13.9. The number of hydrogen-bond donors (Lipinski definition) is 2. The minimum absolute atomic E-state index is 0.0610. The second-order valence-corrected chi connectivity index (χ2v) is 6.73. The third-order valence-electron chi connectivity index (χ3n) is 4.61. The number of aromatic nitrogens is 3. The summed E-state index contributed by atoms with van der Waals surface area (Å²) in [5.41, 5.74) is 5.59. The van der Waals surface area contributed by atoms with Gasteiger partial charge in [0.25, 0.3) is 11.5 Å². The van der Waals surface area contributed by atoms with Crippen molar-refractivity contribution in [1.29, 1.82) is 0 Å². The third-order valence-corrected chi connectivity index (χ3v) is 4.61. The van der Waals surface area contributed by atoms with Gasteiger partial charge in [0, 0.05) is 17.3 Å². The molecule has 0 fully saturated rings. The summed E-state index contributed by atoms with van der Waals surface area (Å²) in [4.78, 5) is 37.5. The highest BCUT2D eigenvalue weighted by molar-refractivity contribution is 6.05. The molecule has 2 N–H and O–H groups in total. The number of amides is 2. The summed E-state index contributed by atoms with van der Waals surface area (Å²) in [6.45, 7) is 2.30. The van der Waals surface area contributed by atoms with Crippen LogP contribution in [-0.4, -0.2) is 26.8 Å². The van der Waals surface area contributed by atoms with Crippen LogP contribution in [0.3, 0.4) is 0 Å². The van der Waals surface area contributed by atoms with Crippen molar-refractivity contribution in [3.63, 3.8) is 0 Å². The van der Waals surface area contributed by atoms with Gasteiger partial charge in [-0.05, 0) is 24.6 Å². The molecule has 4 aromatic rings. The number of carbonyl (C=O) groups excluding carboxylic acids is 2. The lowest BCUT2D eigenvalue weighted by Gasteiger charge is -2.11. The first-order valence-corrected chi connectivity index (χ1v) is 9.51. The van der Waals surface area contributed by atoms with Crippen LogP contribution in [0, 0.1) is 0 Å². The quantitative estimate of drug-likeness (QED) is 0.490. The molecule has 0 aliphatic heterocycles. The van der Waals surface area contributed by atoms with Gasteiger partial charge >= 0.3 is 0 Å². The van der Waals surface area contributed by atoms with E-state index in [4.69, 9.17) is 4.52 Å². The van der Waals surface area contributed by atoms with Crippen molar-refractivity contribution in [2.24, 2.45) is 0 Å². The van der Waals surface area contributed by atoms with Gasteiger partial charge in [0.05, 0.1) is 11.8 Å². The lowest BCUT2D eigenvalue weighted by Crippen LogP contribution is -2.43. The molecule has 0 saturated carbocycles. The van der Waals surface area contributed by atoms with Crippen LogP contribution in [0.4, 0.5) is 0 Å². The van der Waals surface area contributed by atoms with E-state index in [0.29, 0.717) is 35.0 Å². The van der Waals surface area contributed by atoms with Gasteiger partial charge < -0.3 is 4.52 Å². The van der Waals surface area contributed by atoms with Gasteiger partial charge in [-0.15, -0.1) is 0 Å². The molecule has 0 unspecified atom stereocenters. The fourth-order valence-corrected chi connectivity index (χ4v) is 3.21. The lowest BCUT2D eigenvalue weighted by molar-refractivity contribution is -0.121. The zero-order valence-corrected chi connectivity index (χ0v) is 16.2. The number of hydrogen-bond acceptors (Lipinski definition) is 6. The molecule has 2 amide bonds. The first kappa shape index (κ1) is 19.3. The number of nitrogens with zero attached hydrogens (tertiary/aromatic N) is 3. The molecular weight excluding hydrogens is 386 g/mol. The van der Waals surface area contributed by atoms with Gasteiger partial charge in [-0.3, -0.25) is 25.2 Å². The molecule has 2 aromatic carbocycles. The Kier molecular flexibility index (Phi) is 5.25. The van der Waals surface area contributed by atoms with Gasteiger partial charge in [-0.1, -0.05) is 42.4 Å². The predicted octanol–water partition coefficient (Wildman–Crippen LogP) is 1.95. The van der Waals surface area contributed by atoms with Gasteiger partial charge in [-0.25, -0.2) is 4.68 Å². The van der Waals surface area contributed by atoms with Gasteiger partial charge in [-0.2, -0.15) is 5.10 Å². The number of hydrazine groups is 1. The largest absolute Gasteiger partial charge is 0.356 e. The maximum absolute atomic E-state index is 12.7. The molecule has 4 rings (SSSR count). The highest BCUT2D eigenvalue weighted by atomic mass is 16.5. The number of nitrogens with one attached hydrogen (secondary N) is 2. The van der Waals surface area contributed by atoms with Gasteiger partial charge in [0.15, 0.2) is 11.3 Å². The summed E-state index contributed by atoms with van der Waals surface area (Å²) < 4.78 is 6.45. The van der Waals surface area contributed by atoms with Crippen molar-refractivity contribution in [1.82, 2.24) is 25.8 Å². The fourth-order valence-electron chi connectivity index (χ4n) is 3.21. The Labute approximate surface area is 170 Å². The summed E-state index contributed by atoms with van der Waals surface area (Å²) in [5, 5.41) is 9.65. The van der Waals surface area contributed by atoms with Crippen molar-refractivity contribution >= 4 is 33.6 Å². The lowest BCUT2D eigenvalue weighted by atomic mass is 10.1. The van der Waals surface area contributed by atoms with Crippen molar-refractivity contribution in [2.45, 2.75) is 26.3 Å². The molecule has 0 atom stereocenters. The van der Waals surface area contributed by atoms with E-state index in [9.17, 15) is 14.4 Å². The topological polar surface area (TPSA) is 119 Å². The molecule has 0 saturated heterocycles. The van der Waals surface area contributed by atoms with Crippen molar-refractivity contribution < 1.29 is 14.1 Å². The maximum atomic E-state index is 12.7. The minimum Gasteiger partial charge on any atom is -0.356 e. The molecule has 9 heteroatoms. The average Bonchev–Trinajstić information content (AvgIpc) is 3.17. The Morgan fingerprint density at radius 3 is 2.47 bits per heavy atom. The molecule has 0 radical (unpaired) electrons. The maximum Gasteiger partial charge on any atom is 0.290 e. The van der Waals surface area contributed by atoms with E-state index < -0.39 is 11.8 Å². The van der Waals surface area contributed by atoms with E-state index >= 15 is 0 Å². The number of carbonyl (C=O) groups is 2. The third kappa shape index (κ3) is 3.64. The van der Waals surface area contributed by atoms with E-state index in [1.165, 1.54) is 4.68 Å². The Balaban J connectivity index is 1.52. The van der Waals surface area contributed by atoms with Crippen molar-refractivity contribution in [2.75, 3.05) is 0 Å². The Morgan fingerprint density at radius 2 is 1.70 bits per heavy atom. The van der Waals surface area contributed by atoms with Crippen molar-refractivity contribution in [3.8, 4) is 0 Å². The molecule has 9 nitrogen and oxygen atoms in total. The molecule has 2 aromatic heterocycles. The highest BCUT2D eigenvalue weighted by Gasteiger charge is 2.18. The molecule has 2 heterocycles. The minimum atomic E-state index is -0.616. The number of fused-ring (bicyclic) bond motifs is 2. The zero-order valence-electron chi connectivity index (χ0n) is 16.2. The molecule has 0 aliphatic carbocycles. The standard InChI is InChI=1S/C21H19N5O4/c1-2-11-26-21(29)14-8-4-3-7-13(14)19(24-26)20(28)23-22-18(27)12-16-15-9-5-6-10-17(15)30-25-16/h3-10H,2,11-12H2,1H3,(H,22,27)(H,23,28). The monoisotopic (exact) mass is 405 g/mol. The first-order chi connectivity index (χ1) is 14.6. The molecular formula is C21H19N5O4. The molecule has 0 bridgehead atoms. The van der Waals surface area contributed by atoms with Gasteiger partial charge in [0.1, 0.15) is 5.69 Å². The Hall–Kier alpha value is -4.01. The van der Waals surface area contributed by atoms with Crippen LogP contribution in [0.15, 0.2) is 57.8 Å². The second kappa shape index (κ2) is 8.16. The van der Waals surface area contributed by atoms with E-state index in [1.807, 2.05) is 19.1 Å². The fraction of sp³-hybridized carbons (Fsp3) is 0.190. The molecule has 30 heavy (non-hydrogen) atoms. The Morgan fingerprint density at radius 1 is 1.00 bits per heavy atom. The predicted molar refractivity (Wildman–Crippen MR) is 110 cm³/mol. The number of benzene rings is 2. The van der Waals surface area contributed by atoms with E-state index in [-0.39, 0.29) is 17.7 Å². The summed E-state index contributed by atoms with van der Waals surface area (Å²) >= 11 is 0. The van der Waals surface area contributed by atoms with Crippen LogP contribution in [-0.2, 0) is 17.8 Å². The van der Waals surface area contributed by atoms with Crippen LogP contribution in [0.5, 0.6) is 0 Å². The van der Waals surface area contributed by atoms with Crippen LogP contribution >= 0.6 is 0 Å². The number of rotatable bonds is 5. The smallest absolute Gasteiger partial charge is 0.290 e.